The van der Waals surface area contributed by atoms with Gasteiger partial charge in [0.1, 0.15) is 5.75 Å². The molecule has 20 heavy (non-hydrogen) atoms. The van der Waals surface area contributed by atoms with Crippen molar-refractivity contribution in [1.29, 1.82) is 0 Å². The van der Waals surface area contributed by atoms with Crippen molar-refractivity contribution in [3.05, 3.63) is 28.3 Å². The van der Waals surface area contributed by atoms with Crippen LogP contribution in [0, 0.1) is 16.0 Å². The lowest BCUT2D eigenvalue weighted by Gasteiger charge is -2.22. The maximum Gasteiger partial charge on any atom is 0.275 e. The van der Waals surface area contributed by atoms with Crippen LogP contribution in [0.4, 0.5) is 11.4 Å². The smallest absolute Gasteiger partial charge is 0.275 e. The number of hydrogen-bond acceptors (Lipinski definition) is 4. The van der Waals surface area contributed by atoms with Gasteiger partial charge in [0.2, 0.25) is 0 Å². The summed E-state index contributed by atoms with van der Waals surface area (Å²) >= 11 is 0. The average Bonchev–Trinajstić information content (AvgIpc) is 2.46. The second kappa shape index (κ2) is 7.12. The summed E-state index contributed by atoms with van der Waals surface area (Å²) < 4.78 is 5.38. The van der Waals surface area contributed by atoms with Crippen LogP contribution in [0.1, 0.15) is 39.0 Å². The predicted octanol–water partition coefficient (Wildman–Crippen LogP) is 3.99. The highest BCUT2D eigenvalue weighted by Crippen LogP contribution is 2.28. The molecule has 1 saturated carbocycles. The van der Waals surface area contributed by atoms with E-state index in [1.54, 1.807) is 6.07 Å². The summed E-state index contributed by atoms with van der Waals surface area (Å²) in [5.74, 6) is 1.23. The summed E-state index contributed by atoms with van der Waals surface area (Å²) in [7, 11) is 0. The van der Waals surface area contributed by atoms with Crippen molar-refractivity contribution in [2.75, 3.05) is 18.5 Å². The van der Waals surface area contributed by atoms with Gasteiger partial charge in [0, 0.05) is 24.4 Å². The number of non-ortho nitro benzene ring substituents is 1. The maximum atomic E-state index is 10.9. The van der Waals surface area contributed by atoms with Crippen LogP contribution in [-0.4, -0.2) is 18.1 Å². The quantitative estimate of drug-likeness (QED) is 0.631. The SMILES string of the molecule is CCOc1cc(NCC2CCCCC2)cc([N+](=O)[O-])c1. The molecule has 0 aliphatic heterocycles. The van der Waals surface area contributed by atoms with Crippen molar-refractivity contribution in [3.8, 4) is 5.75 Å². The lowest BCUT2D eigenvalue weighted by atomic mass is 9.89. The molecule has 0 radical (unpaired) electrons. The van der Waals surface area contributed by atoms with Crippen molar-refractivity contribution >= 4 is 11.4 Å². The van der Waals surface area contributed by atoms with Crippen LogP contribution in [-0.2, 0) is 0 Å². The Morgan fingerprint density at radius 2 is 2.05 bits per heavy atom. The summed E-state index contributed by atoms with van der Waals surface area (Å²) in [5.41, 5.74) is 0.843. The molecule has 1 aliphatic carbocycles. The van der Waals surface area contributed by atoms with Gasteiger partial charge in [0.15, 0.2) is 0 Å². The van der Waals surface area contributed by atoms with E-state index in [4.69, 9.17) is 4.74 Å². The first kappa shape index (κ1) is 14.6. The van der Waals surface area contributed by atoms with Crippen LogP contribution in [0.3, 0.4) is 0 Å². The molecular formula is C15H22N2O3. The van der Waals surface area contributed by atoms with Crippen molar-refractivity contribution in [2.24, 2.45) is 5.92 Å². The number of nitro groups is 1. The molecule has 1 fully saturated rings. The Morgan fingerprint density at radius 1 is 1.30 bits per heavy atom. The third-order valence-electron chi connectivity index (χ3n) is 3.73. The van der Waals surface area contributed by atoms with E-state index in [-0.39, 0.29) is 10.6 Å². The second-order valence-corrected chi connectivity index (χ2v) is 5.29. The third-order valence-corrected chi connectivity index (χ3v) is 3.73. The Morgan fingerprint density at radius 3 is 2.70 bits per heavy atom. The molecule has 0 unspecified atom stereocenters. The van der Waals surface area contributed by atoms with E-state index in [2.05, 4.69) is 5.32 Å². The van der Waals surface area contributed by atoms with Crippen LogP contribution in [0.25, 0.3) is 0 Å². The number of benzene rings is 1. The van der Waals surface area contributed by atoms with E-state index in [0.717, 1.165) is 12.2 Å². The number of anilines is 1. The minimum Gasteiger partial charge on any atom is -0.494 e. The van der Waals surface area contributed by atoms with Crippen LogP contribution >= 0.6 is 0 Å². The molecule has 0 amide bonds. The average molecular weight is 278 g/mol. The Labute approximate surface area is 119 Å². The Hall–Kier alpha value is -1.78. The fraction of sp³-hybridized carbons (Fsp3) is 0.600. The molecule has 1 N–H and O–H groups in total. The van der Waals surface area contributed by atoms with Crippen molar-refractivity contribution < 1.29 is 9.66 Å². The largest absolute Gasteiger partial charge is 0.494 e. The van der Waals surface area contributed by atoms with E-state index in [0.29, 0.717) is 18.3 Å². The van der Waals surface area contributed by atoms with Gasteiger partial charge >= 0.3 is 0 Å². The normalized spacial score (nSPS) is 15.8. The molecule has 0 aromatic heterocycles. The molecule has 2 rings (SSSR count). The molecule has 5 heteroatoms. The molecule has 0 saturated heterocycles. The second-order valence-electron chi connectivity index (χ2n) is 5.29. The molecule has 5 nitrogen and oxygen atoms in total. The van der Waals surface area contributed by atoms with Gasteiger partial charge in [-0.05, 0) is 25.7 Å². The molecule has 0 bridgehead atoms. The number of hydrogen-bond donors (Lipinski definition) is 1. The Balaban J connectivity index is 2.03. The molecule has 0 heterocycles. The van der Waals surface area contributed by atoms with E-state index in [9.17, 15) is 10.1 Å². The lowest BCUT2D eigenvalue weighted by Crippen LogP contribution is -2.17. The van der Waals surface area contributed by atoms with Gasteiger partial charge in [0.05, 0.1) is 17.6 Å². The van der Waals surface area contributed by atoms with Crippen molar-refractivity contribution in [1.82, 2.24) is 0 Å². The maximum absolute atomic E-state index is 10.9. The highest BCUT2D eigenvalue weighted by molar-refractivity contribution is 5.56. The molecule has 1 aromatic rings. The number of nitrogens with one attached hydrogen (secondary N) is 1. The van der Waals surface area contributed by atoms with Crippen LogP contribution < -0.4 is 10.1 Å². The van der Waals surface area contributed by atoms with Gasteiger partial charge in [-0.2, -0.15) is 0 Å². The summed E-state index contributed by atoms with van der Waals surface area (Å²) in [5, 5.41) is 14.3. The van der Waals surface area contributed by atoms with Crippen molar-refractivity contribution in [3.63, 3.8) is 0 Å². The number of rotatable bonds is 6. The first-order valence-corrected chi connectivity index (χ1v) is 7.35. The molecule has 0 atom stereocenters. The van der Waals surface area contributed by atoms with E-state index >= 15 is 0 Å². The fourth-order valence-electron chi connectivity index (χ4n) is 2.69. The van der Waals surface area contributed by atoms with Gasteiger partial charge in [-0.3, -0.25) is 10.1 Å². The molecule has 1 aromatic carbocycles. The lowest BCUT2D eigenvalue weighted by molar-refractivity contribution is -0.384. The Bertz CT molecular complexity index is 456. The fourth-order valence-corrected chi connectivity index (χ4v) is 2.69. The topological polar surface area (TPSA) is 64.4 Å². The Kier molecular flexibility index (Phi) is 5.21. The molecular weight excluding hydrogens is 256 g/mol. The third kappa shape index (κ3) is 4.11. The molecule has 110 valence electrons. The minimum absolute atomic E-state index is 0.0714. The number of nitro benzene ring substituents is 1. The first-order valence-electron chi connectivity index (χ1n) is 7.35. The number of nitrogens with zero attached hydrogens (tertiary/aromatic N) is 1. The van der Waals surface area contributed by atoms with Crippen LogP contribution in [0.5, 0.6) is 5.75 Å². The monoisotopic (exact) mass is 278 g/mol. The van der Waals surface area contributed by atoms with Gasteiger partial charge in [-0.15, -0.1) is 0 Å². The van der Waals surface area contributed by atoms with Crippen LogP contribution in [0.2, 0.25) is 0 Å². The van der Waals surface area contributed by atoms with Gasteiger partial charge in [-0.25, -0.2) is 0 Å². The zero-order valence-corrected chi connectivity index (χ0v) is 11.9. The van der Waals surface area contributed by atoms with E-state index in [1.807, 2.05) is 13.0 Å². The first-order chi connectivity index (χ1) is 9.69. The summed E-state index contributed by atoms with van der Waals surface area (Å²) in [6.45, 7) is 3.25. The van der Waals surface area contributed by atoms with Gasteiger partial charge < -0.3 is 10.1 Å². The summed E-state index contributed by atoms with van der Waals surface area (Å²) in [4.78, 5) is 10.6. The summed E-state index contributed by atoms with van der Waals surface area (Å²) in [6.07, 6.45) is 6.43. The zero-order valence-electron chi connectivity index (χ0n) is 11.9. The van der Waals surface area contributed by atoms with Gasteiger partial charge in [0.25, 0.3) is 5.69 Å². The summed E-state index contributed by atoms with van der Waals surface area (Å²) in [6, 6.07) is 4.87. The minimum atomic E-state index is -0.381. The van der Waals surface area contributed by atoms with Crippen molar-refractivity contribution in [2.45, 2.75) is 39.0 Å². The highest BCUT2D eigenvalue weighted by Gasteiger charge is 2.15. The van der Waals surface area contributed by atoms with E-state index < -0.39 is 0 Å². The number of ether oxygens (including phenoxy) is 1. The predicted molar refractivity (Wildman–Crippen MR) is 79.3 cm³/mol. The van der Waals surface area contributed by atoms with E-state index in [1.165, 1.54) is 38.2 Å². The molecule has 0 spiro atoms. The molecule has 1 aliphatic rings. The zero-order chi connectivity index (χ0) is 14.4. The van der Waals surface area contributed by atoms with Crippen LogP contribution in [0.15, 0.2) is 18.2 Å². The highest BCUT2D eigenvalue weighted by atomic mass is 16.6. The standard InChI is InChI=1S/C15H22N2O3/c1-2-20-15-9-13(8-14(10-15)17(18)19)16-11-12-6-4-3-5-7-12/h8-10,12,16H,2-7,11H2,1H3. The van der Waals surface area contributed by atoms with Gasteiger partial charge in [-0.1, -0.05) is 19.3 Å².